The van der Waals surface area contributed by atoms with Gasteiger partial charge in [-0.15, -0.1) is 0 Å². The van der Waals surface area contributed by atoms with E-state index in [1.54, 1.807) is 6.92 Å². The molecule has 0 heterocycles. The number of rotatable bonds is 16. The molecule has 0 aromatic heterocycles. The molecule has 0 aliphatic rings. The fraction of sp³-hybridized carbons (Fsp3) is 0.950. The van der Waals surface area contributed by atoms with Crippen molar-refractivity contribution in [1.29, 1.82) is 0 Å². The van der Waals surface area contributed by atoms with Crippen LogP contribution in [0.2, 0.25) is 0 Å². The Morgan fingerprint density at radius 1 is 0.846 bits per heavy atom. The van der Waals surface area contributed by atoms with Crippen LogP contribution in [-0.2, 0) is 9.53 Å². The van der Waals surface area contributed by atoms with Crippen molar-refractivity contribution in [3.05, 3.63) is 0 Å². The summed E-state index contributed by atoms with van der Waals surface area (Å²) in [6, 6.07) is -0.598. The minimum absolute atomic E-state index is 0.386. The van der Waals surface area contributed by atoms with Crippen LogP contribution in [0.5, 0.6) is 0 Å². The lowest BCUT2D eigenvalue weighted by atomic mass is 10.0. The van der Waals surface area contributed by atoms with Crippen LogP contribution in [0.15, 0.2) is 0 Å². The summed E-state index contributed by atoms with van der Waals surface area (Å²) in [5, 5.41) is 0. The highest BCUT2D eigenvalue weighted by Crippen LogP contribution is 2.20. The Balaban J connectivity index is 3.58. The molecule has 0 radical (unpaired) electrons. The normalized spacial score (nSPS) is 14.2. The first-order valence-corrected chi connectivity index (χ1v) is 10.3. The van der Waals surface area contributed by atoms with Gasteiger partial charge < -0.3 is 10.5 Å². The maximum absolute atomic E-state index is 12.3. The lowest BCUT2D eigenvalue weighted by Crippen LogP contribution is -2.39. The van der Waals surface area contributed by atoms with Gasteiger partial charge >= 0.3 is 12.1 Å². The number of halogens is 3. The van der Waals surface area contributed by atoms with Gasteiger partial charge in [-0.3, -0.25) is 0 Å². The summed E-state index contributed by atoms with van der Waals surface area (Å²) in [5.41, 5.74) is 5.63. The third-order valence-corrected chi connectivity index (χ3v) is 4.67. The average Bonchev–Trinajstić information content (AvgIpc) is 2.56. The molecule has 0 rings (SSSR count). The van der Waals surface area contributed by atoms with Crippen LogP contribution in [0.4, 0.5) is 13.2 Å². The summed E-state index contributed by atoms with van der Waals surface area (Å²) in [5.74, 6) is -2.14. The van der Waals surface area contributed by atoms with E-state index in [0.717, 1.165) is 25.7 Å². The molecule has 0 saturated carbocycles. The van der Waals surface area contributed by atoms with Crippen LogP contribution in [-0.4, -0.2) is 24.3 Å². The molecular weight excluding hydrogens is 343 g/mol. The molecule has 0 saturated heterocycles. The van der Waals surface area contributed by atoms with E-state index in [0.29, 0.717) is 6.42 Å². The molecule has 0 aromatic carbocycles. The zero-order valence-electron chi connectivity index (χ0n) is 16.6. The summed E-state index contributed by atoms with van der Waals surface area (Å²) in [6.07, 6.45) is 10.2. The summed E-state index contributed by atoms with van der Waals surface area (Å²) < 4.78 is 41.2. The van der Waals surface area contributed by atoms with Crippen LogP contribution in [0.25, 0.3) is 0 Å². The molecular formula is C20H38F3NO2. The number of hydrogen-bond donors (Lipinski definition) is 1. The van der Waals surface area contributed by atoms with Gasteiger partial charge in [0.25, 0.3) is 0 Å². The molecule has 0 unspecified atom stereocenters. The van der Waals surface area contributed by atoms with Crippen molar-refractivity contribution in [2.75, 3.05) is 0 Å². The molecule has 2 N–H and O–H groups in total. The lowest BCUT2D eigenvalue weighted by Gasteiger charge is -2.21. The predicted octanol–water partition coefficient (Wildman–Crippen LogP) is 6.29. The second-order valence-electron chi connectivity index (χ2n) is 7.33. The van der Waals surface area contributed by atoms with Gasteiger partial charge in [0.1, 0.15) is 6.10 Å². The molecule has 0 aliphatic heterocycles. The third-order valence-electron chi connectivity index (χ3n) is 4.67. The van der Waals surface area contributed by atoms with Crippen molar-refractivity contribution in [1.82, 2.24) is 0 Å². The molecule has 6 heteroatoms. The molecule has 0 aliphatic carbocycles. The van der Waals surface area contributed by atoms with E-state index in [9.17, 15) is 18.0 Å². The Labute approximate surface area is 157 Å². The smallest absolute Gasteiger partial charge is 0.454 e. The zero-order valence-corrected chi connectivity index (χ0v) is 16.6. The number of hydrogen-bond acceptors (Lipinski definition) is 3. The Morgan fingerprint density at radius 3 is 1.58 bits per heavy atom. The van der Waals surface area contributed by atoms with Gasteiger partial charge in [0.05, 0.1) is 0 Å². The van der Waals surface area contributed by atoms with Gasteiger partial charge in [0.15, 0.2) is 0 Å². The quantitative estimate of drug-likeness (QED) is 0.252. The van der Waals surface area contributed by atoms with E-state index in [-0.39, 0.29) is 0 Å². The molecule has 0 amide bonds. The van der Waals surface area contributed by atoms with E-state index in [1.807, 2.05) is 0 Å². The molecule has 26 heavy (non-hydrogen) atoms. The molecule has 2 atom stereocenters. The number of alkyl halides is 3. The van der Waals surface area contributed by atoms with Crippen molar-refractivity contribution >= 4 is 5.97 Å². The van der Waals surface area contributed by atoms with E-state index in [4.69, 9.17) is 5.73 Å². The largest absolute Gasteiger partial charge is 0.490 e. The van der Waals surface area contributed by atoms with Gasteiger partial charge in [-0.05, 0) is 19.8 Å². The Kier molecular flexibility index (Phi) is 14.8. The molecule has 0 aromatic rings. The molecule has 3 nitrogen and oxygen atoms in total. The second kappa shape index (κ2) is 15.3. The van der Waals surface area contributed by atoms with Crippen LogP contribution < -0.4 is 5.73 Å². The maximum Gasteiger partial charge on any atom is 0.490 e. The fourth-order valence-corrected chi connectivity index (χ4v) is 3.00. The molecule has 0 bridgehead atoms. The predicted molar refractivity (Wildman–Crippen MR) is 99.9 cm³/mol. The summed E-state index contributed by atoms with van der Waals surface area (Å²) >= 11 is 0. The SMILES string of the molecule is CCCCCCCCCCCCCCC[C@@H](OC(=O)C(F)(F)F)[C@H](C)N. The van der Waals surface area contributed by atoms with Crippen LogP contribution in [0.1, 0.15) is 104 Å². The van der Waals surface area contributed by atoms with Gasteiger partial charge in [-0.25, -0.2) is 4.79 Å². The minimum Gasteiger partial charge on any atom is -0.454 e. The first kappa shape index (κ1) is 25.2. The lowest BCUT2D eigenvalue weighted by molar-refractivity contribution is -0.205. The van der Waals surface area contributed by atoms with Crippen LogP contribution >= 0.6 is 0 Å². The number of unbranched alkanes of at least 4 members (excludes halogenated alkanes) is 12. The molecule has 0 fully saturated rings. The fourth-order valence-electron chi connectivity index (χ4n) is 3.00. The van der Waals surface area contributed by atoms with Crippen LogP contribution in [0.3, 0.4) is 0 Å². The highest BCUT2D eigenvalue weighted by Gasteiger charge is 2.42. The number of carbonyl (C=O) groups excluding carboxylic acids is 1. The number of ether oxygens (including phenoxy) is 1. The molecule has 0 spiro atoms. The van der Waals surface area contributed by atoms with E-state index in [2.05, 4.69) is 11.7 Å². The Bertz CT molecular complexity index is 346. The highest BCUT2D eigenvalue weighted by molar-refractivity contribution is 5.75. The van der Waals surface area contributed by atoms with Gasteiger partial charge in [-0.1, -0.05) is 84.0 Å². The van der Waals surface area contributed by atoms with E-state index < -0.39 is 24.3 Å². The second-order valence-corrected chi connectivity index (χ2v) is 7.33. The van der Waals surface area contributed by atoms with Gasteiger partial charge in [0.2, 0.25) is 0 Å². The van der Waals surface area contributed by atoms with E-state index in [1.165, 1.54) is 57.8 Å². The monoisotopic (exact) mass is 381 g/mol. The third kappa shape index (κ3) is 14.4. The maximum atomic E-state index is 12.3. The first-order valence-electron chi connectivity index (χ1n) is 10.3. The van der Waals surface area contributed by atoms with Crippen molar-refractivity contribution in [3.8, 4) is 0 Å². The first-order chi connectivity index (χ1) is 12.3. The van der Waals surface area contributed by atoms with Crippen LogP contribution in [0, 0.1) is 0 Å². The molecule has 156 valence electrons. The standard InChI is InChI=1S/C20H38F3NO2/c1-3-4-5-6-7-8-9-10-11-12-13-14-15-16-18(17(2)24)26-19(25)20(21,22)23/h17-18H,3-16,24H2,1-2H3/t17-,18+/m0/s1. The van der Waals surface area contributed by atoms with Crippen molar-refractivity contribution < 1.29 is 22.7 Å². The Hall–Kier alpha value is -0.780. The summed E-state index contributed by atoms with van der Waals surface area (Å²) in [6.45, 7) is 3.79. The van der Waals surface area contributed by atoms with Crippen molar-refractivity contribution in [3.63, 3.8) is 0 Å². The number of nitrogens with two attached hydrogens (primary N) is 1. The number of carbonyl (C=O) groups is 1. The van der Waals surface area contributed by atoms with E-state index >= 15 is 0 Å². The van der Waals surface area contributed by atoms with Gasteiger partial charge in [0, 0.05) is 6.04 Å². The highest BCUT2D eigenvalue weighted by atomic mass is 19.4. The zero-order chi connectivity index (χ0) is 19.8. The summed E-state index contributed by atoms with van der Waals surface area (Å²) in [4.78, 5) is 10.9. The van der Waals surface area contributed by atoms with Crippen molar-refractivity contribution in [2.45, 2.75) is 122 Å². The van der Waals surface area contributed by atoms with Gasteiger partial charge in [-0.2, -0.15) is 13.2 Å². The summed E-state index contributed by atoms with van der Waals surface area (Å²) in [7, 11) is 0. The number of esters is 1. The van der Waals surface area contributed by atoms with Crippen molar-refractivity contribution in [2.24, 2.45) is 5.73 Å². The average molecular weight is 382 g/mol. The Morgan fingerprint density at radius 2 is 1.23 bits per heavy atom. The topological polar surface area (TPSA) is 52.3 Å². The minimum atomic E-state index is -4.96.